The second-order valence-corrected chi connectivity index (χ2v) is 4.59. The fourth-order valence-electron chi connectivity index (χ4n) is 2.41. The molecule has 1 saturated heterocycles. The summed E-state index contributed by atoms with van der Waals surface area (Å²) >= 11 is 0. The van der Waals surface area contributed by atoms with Crippen LogP contribution in [0.15, 0.2) is 12.4 Å². The molecule has 0 radical (unpaired) electrons. The SMILES string of the molecule is CCN(CC1CCCNC1)c1nccn1C. The molecule has 4 nitrogen and oxygen atoms in total. The van der Waals surface area contributed by atoms with E-state index in [0.29, 0.717) is 0 Å². The van der Waals surface area contributed by atoms with Crippen LogP contribution in [-0.2, 0) is 7.05 Å². The van der Waals surface area contributed by atoms with Crippen LogP contribution in [0.2, 0.25) is 0 Å². The van der Waals surface area contributed by atoms with Crippen LogP contribution in [0.25, 0.3) is 0 Å². The number of nitrogens with one attached hydrogen (secondary N) is 1. The molecule has 2 rings (SSSR count). The van der Waals surface area contributed by atoms with Crippen molar-refractivity contribution < 1.29 is 0 Å². The maximum Gasteiger partial charge on any atom is 0.205 e. The fourth-order valence-corrected chi connectivity index (χ4v) is 2.41. The van der Waals surface area contributed by atoms with Crippen molar-refractivity contribution in [1.29, 1.82) is 0 Å². The largest absolute Gasteiger partial charge is 0.342 e. The standard InChI is InChI=1S/C12H22N4/c1-3-16(12-14-7-8-15(12)2)10-11-5-4-6-13-9-11/h7-8,11,13H,3-6,9-10H2,1-2H3. The molecule has 1 aliphatic heterocycles. The minimum atomic E-state index is 0.769. The van der Waals surface area contributed by atoms with Crippen LogP contribution in [0.3, 0.4) is 0 Å². The summed E-state index contributed by atoms with van der Waals surface area (Å²) in [7, 11) is 2.06. The van der Waals surface area contributed by atoms with E-state index in [1.54, 1.807) is 0 Å². The van der Waals surface area contributed by atoms with E-state index in [9.17, 15) is 0 Å². The predicted octanol–water partition coefficient (Wildman–Crippen LogP) is 1.25. The van der Waals surface area contributed by atoms with Crippen LogP contribution < -0.4 is 10.2 Å². The zero-order valence-corrected chi connectivity index (χ0v) is 10.3. The first-order valence-electron chi connectivity index (χ1n) is 6.24. The molecule has 0 aromatic carbocycles. The van der Waals surface area contributed by atoms with Gasteiger partial charge in [-0.15, -0.1) is 0 Å². The fraction of sp³-hybridized carbons (Fsp3) is 0.750. The van der Waals surface area contributed by atoms with Crippen molar-refractivity contribution in [3.05, 3.63) is 12.4 Å². The van der Waals surface area contributed by atoms with Gasteiger partial charge in [0.15, 0.2) is 0 Å². The average Bonchev–Trinajstić information content (AvgIpc) is 2.74. The Morgan fingerprint density at radius 3 is 3.06 bits per heavy atom. The first-order valence-corrected chi connectivity index (χ1v) is 6.24. The van der Waals surface area contributed by atoms with Crippen molar-refractivity contribution in [2.45, 2.75) is 19.8 Å². The summed E-state index contributed by atoms with van der Waals surface area (Å²) in [6, 6.07) is 0. The Morgan fingerprint density at radius 2 is 2.50 bits per heavy atom. The summed E-state index contributed by atoms with van der Waals surface area (Å²) in [5, 5.41) is 3.47. The molecule has 90 valence electrons. The first-order chi connectivity index (χ1) is 7.81. The van der Waals surface area contributed by atoms with E-state index < -0.39 is 0 Å². The third-order valence-electron chi connectivity index (χ3n) is 3.34. The van der Waals surface area contributed by atoms with Crippen molar-refractivity contribution in [2.24, 2.45) is 13.0 Å². The van der Waals surface area contributed by atoms with Gasteiger partial charge < -0.3 is 14.8 Å². The number of nitrogens with zero attached hydrogens (tertiary/aromatic N) is 3. The van der Waals surface area contributed by atoms with E-state index in [0.717, 1.165) is 31.5 Å². The number of hydrogen-bond donors (Lipinski definition) is 1. The Hall–Kier alpha value is -1.03. The number of anilines is 1. The molecule has 1 atom stereocenters. The quantitative estimate of drug-likeness (QED) is 0.832. The van der Waals surface area contributed by atoms with Gasteiger partial charge in [-0.2, -0.15) is 0 Å². The van der Waals surface area contributed by atoms with Crippen LogP contribution >= 0.6 is 0 Å². The van der Waals surface area contributed by atoms with Gasteiger partial charge in [-0.05, 0) is 38.8 Å². The number of piperidine rings is 1. The van der Waals surface area contributed by atoms with Crippen molar-refractivity contribution in [2.75, 3.05) is 31.1 Å². The molecule has 0 saturated carbocycles. The van der Waals surface area contributed by atoms with Gasteiger partial charge in [0.2, 0.25) is 5.95 Å². The van der Waals surface area contributed by atoms with E-state index in [-0.39, 0.29) is 0 Å². The highest BCUT2D eigenvalue weighted by Gasteiger charge is 2.18. The summed E-state index contributed by atoms with van der Waals surface area (Å²) < 4.78 is 2.10. The minimum absolute atomic E-state index is 0.769. The van der Waals surface area contributed by atoms with Gasteiger partial charge in [0.1, 0.15) is 0 Å². The Kier molecular flexibility index (Phi) is 3.83. The van der Waals surface area contributed by atoms with Crippen LogP contribution in [0.5, 0.6) is 0 Å². The van der Waals surface area contributed by atoms with Crippen molar-refractivity contribution in [3.8, 4) is 0 Å². The van der Waals surface area contributed by atoms with Gasteiger partial charge in [-0.3, -0.25) is 0 Å². The van der Waals surface area contributed by atoms with Crippen molar-refractivity contribution in [1.82, 2.24) is 14.9 Å². The average molecular weight is 222 g/mol. The summed E-state index contributed by atoms with van der Waals surface area (Å²) in [6.07, 6.45) is 6.53. The molecule has 1 N–H and O–H groups in total. The Labute approximate surface area is 97.7 Å². The number of aromatic nitrogens is 2. The maximum absolute atomic E-state index is 4.42. The number of rotatable bonds is 4. The molecule has 0 amide bonds. The lowest BCUT2D eigenvalue weighted by molar-refractivity contribution is 0.376. The van der Waals surface area contributed by atoms with Crippen molar-refractivity contribution in [3.63, 3.8) is 0 Å². The molecule has 0 aliphatic carbocycles. The summed E-state index contributed by atoms with van der Waals surface area (Å²) in [5.41, 5.74) is 0. The Bertz CT molecular complexity index is 315. The van der Waals surface area contributed by atoms with E-state index in [2.05, 4.69) is 33.7 Å². The minimum Gasteiger partial charge on any atom is -0.342 e. The lowest BCUT2D eigenvalue weighted by Gasteiger charge is -2.30. The van der Waals surface area contributed by atoms with Gasteiger partial charge in [-0.1, -0.05) is 0 Å². The summed E-state index contributed by atoms with van der Waals surface area (Å²) in [4.78, 5) is 6.79. The highest BCUT2D eigenvalue weighted by atomic mass is 15.3. The van der Waals surface area contributed by atoms with Crippen LogP contribution in [0, 0.1) is 5.92 Å². The van der Waals surface area contributed by atoms with Crippen LogP contribution in [0.1, 0.15) is 19.8 Å². The molecule has 0 spiro atoms. The summed E-state index contributed by atoms with van der Waals surface area (Å²) in [5.74, 6) is 1.86. The molecule has 4 heteroatoms. The zero-order valence-electron chi connectivity index (χ0n) is 10.3. The monoisotopic (exact) mass is 222 g/mol. The highest BCUT2D eigenvalue weighted by Crippen LogP contribution is 2.16. The summed E-state index contributed by atoms with van der Waals surface area (Å²) in [6.45, 7) is 6.69. The van der Waals surface area contributed by atoms with E-state index in [1.165, 1.54) is 19.4 Å². The highest BCUT2D eigenvalue weighted by molar-refractivity contribution is 5.30. The molecule has 1 aromatic heterocycles. The van der Waals surface area contributed by atoms with Gasteiger partial charge in [0.05, 0.1) is 0 Å². The topological polar surface area (TPSA) is 33.1 Å². The number of hydrogen-bond acceptors (Lipinski definition) is 3. The smallest absolute Gasteiger partial charge is 0.205 e. The maximum atomic E-state index is 4.42. The van der Waals surface area contributed by atoms with Crippen LogP contribution in [0.4, 0.5) is 5.95 Å². The zero-order chi connectivity index (χ0) is 11.4. The number of aryl methyl sites for hydroxylation is 1. The molecule has 1 aliphatic rings. The van der Waals surface area contributed by atoms with E-state index in [1.807, 2.05) is 12.4 Å². The lowest BCUT2D eigenvalue weighted by Crippen LogP contribution is -2.39. The second kappa shape index (κ2) is 5.34. The third-order valence-corrected chi connectivity index (χ3v) is 3.34. The van der Waals surface area contributed by atoms with E-state index >= 15 is 0 Å². The van der Waals surface area contributed by atoms with Crippen LogP contribution in [-0.4, -0.2) is 35.7 Å². The van der Waals surface area contributed by atoms with Crippen molar-refractivity contribution >= 4 is 5.95 Å². The Balaban J connectivity index is 1.97. The second-order valence-electron chi connectivity index (χ2n) is 4.59. The molecular formula is C12H22N4. The number of imidazole rings is 1. The van der Waals surface area contributed by atoms with Gasteiger partial charge in [0, 0.05) is 32.5 Å². The van der Waals surface area contributed by atoms with Gasteiger partial charge >= 0.3 is 0 Å². The molecule has 16 heavy (non-hydrogen) atoms. The van der Waals surface area contributed by atoms with Gasteiger partial charge in [0.25, 0.3) is 0 Å². The molecular weight excluding hydrogens is 200 g/mol. The molecule has 1 unspecified atom stereocenters. The normalized spacial score (nSPS) is 21.0. The van der Waals surface area contributed by atoms with E-state index in [4.69, 9.17) is 0 Å². The third kappa shape index (κ3) is 2.55. The van der Waals surface area contributed by atoms with Gasteiger partial charge in [-0.25, -0.2) is 4.98 Å². The predicted molar refractivity (Wildman–Crippen MR) is 66.7 cm³/mol. The molecule has 2 heterocycles. The Morgan fingerprint density at radius 1 is 1.62 bits per heavy atom. The molecule has 1 fully saturated rings. The molecule has 1 aromatic rings. The lowest BCUT2D eigenvalue weighted by atomic mass is 9.99. The first kappa shape index (κ1) is 11.5. The molecule has 0 bridgehead atoms.